The summed E-state index contributed by atoms with van der Waals surface area (Å²) in [5.41, 5.74) is -0.446. The molecule has 0 amide bonds. The van der Waals surface area contributed by atoms with Gasteiger partial charge in [-0.05, 0) is 61.4 Å². The lowest BCUT2D eigenvalue weighted by atomic mass is 9.99. The van der Waals surface area contributed by atoms with Crippen LogP contribution in [0.2, 0.25) is 0 Å². The first kappa shape index (κ1) is 20.2. The second kappa shape index (κ2) is 11.8. The van der Waals surface area contributed by atoms with Crippen LogP contribution in [0, 0.1) is 17.8 Å². The number of esters is 1. The van der Waals surface area contributed by atoms with E-state index in [1.165, 1.54) is 27.8 Å². The zero-order valence-corrected chi connectivity index (χ0v) is 16.9. The lowest BCUT2D eigenvalue weighted by Crippen LogP contribution is -2.22. The minimum atomic E-state index is -0.446. The Balaban J connectivity index is 4.31. The van der Waals surface area contributed by atoms with Crippen LogP contribution < -0.4 is 0 Å². The number of ether oxygens (including phenoxy) is 1. The third-order valence-corrected chi connectivity index (χ3v) is 3.89. The van der Waals surface area contributed by atoms with Gasteiger partial charge in [0, 0.05) is 12.0 Å². The van der Waals surface area contributed by atoms with Crippen LogP contribution in [0.5, 0.6) is 0 Å². The fourth-order valence-electron chi connectivity index (χ4n) is 1.55. The molecule has 0 aliphatic heterocycles. The van der Waals surface area contributed by atoms with Crippen LogP contribution in [0.15, 0.2) is 12.2 Å². The highest BCUT2D eigenvalue weighted by molar-refractivity contribution is 14.1. The van der Waals surface area contributed by atoms with E-state index in [2.05, 4.69) is 57.0 Å². The Morgan fingerprint density at radius 3 is 2.20 bits per heavy atom. The van der Waals surface area contributed by atoms with Crippen LogP contribution in [-0.4, -0.2) is 20.4 Å². The Kier molecular flexibility index (Phi) is 12.0. The van der Waals surface area contributed by atoms with Crippen LogP contribution in [-0.2, 0) is 9.53 Å². The summed E-state index contributed by atoms with van der Waals surface area (Å²) < 4.78 is 7.53. The SMILES string of the molecule is CC(C)(C)OC(=O)/C=C/C#CC(CCCI)CCCI. The van der Waals surface area contributed by atoms with Crippen molar-refractivity contribution in [2.45, 2.75) is 52.1 Å². The molecule has 0 unspecified atom stereocenters. The standard InChI is InChI=1S/C16H24I2O2/c1-16(2,3)20-15(19)11-5-4-8-14(9-6-12-17)10-7-13-18/h5,11,14H,6-7,9-10,12-13H2,1-3H3/b11-5+. The maximum absolute atomic E-state index is 11.5. The second-order valence-corrected chi connectivity index (χ2v) is 7.67. The number of hydrogen-bond donors (Lipinski definition) is 0. The van der Waals surface area contributed by atoms with E-state index in [0.717, 1.165) is 12.8 Å². The van der Waals surface area contributed by atoms with E-state index in [4.69, 9.17) is 4.74 Å². The molecule has 0 aliphatic rings. The monoisotopic (exact) mass is 502 g/mol. The number of allylic oxidation sites excluding steroid dienone is 1. The zero-order valence-electron chi connectivity index (χ0n) is 12.5. The number of alkyl halides is 2. The molecule has 114 valence electrons. The van der Waals surface area contributed by atoms with Crippen molar-refractivity contribution >= 4 is 51.2 Å². The van der Waals surface area contributed by atoms with Crippen molar-refractivity contribution in [1.82, 2.24) is 0 Å². The summed E-state index contributed by atoms with van der Waals surface area (Å²) in [6.07, 6.45) is 7.72. The van der Waals surface area contributed by atoms with Crippen LogP contribution >= 0.6 is 45.2 Å². The number of hydrogen-bond acceptors (Lipinski definition) is 2. The van der Waals surface area contributed by atoms with Gasteiger partial charge in [-0.1, -0.05) is 57.0 Å². The summed E-state index contributed by atoms with van der Waals surface area (Å²) >= 11 is 4.80. The Morgan fingerprint density at radius 1 is 1.20 bits per heavy atom. The molecule has 0 rings (SSSR count). The molecule has 2 nitrogen and oxygen atoms in total. The fraction of sp³-hybridized carbons (Fsp3) is 0.688. The van der Waals surface area contributed by atoms with Gasteiger partial charge in [0.15, 0.2) is 0 Å². The second-order valence-electron chi connectivity index (χ2n) is 5.51. The van der Waals surface area contributed by atoms with Crippen LogP contribution in [0.1, 0.15) is 46.5 Å². The van der Waals surface area contributed by atoms with Gasteiger partial charge in [-0.25, -0.2) is 4.79 Å². The quantitative estimate of drug-likeness (QED) is 0.162. The Labute approximate surface area is 150 Å². The molecule has 0 bridgehead atoms. The van der Waals surface area contributed by atoms with Gasteiger partial charge in [0.2, 0.25) is 0 Å². The summed E-state index contributed by atoms with van der Waals surface area (Å²) in [5, 5.41) is 0. The maximum atomic E-state index is 11.5. The van der Waals surface area contributed by atoms with Crippen molar-refractivity contribution in [2.24, 2.45) is 5.92 Å². The molecule has 0 saturated heterocycles. The zero-order chi connectivity index (χ0) is 15.4. The first-order valence-electron chi connectivity index (χ1n) is 6.91. The van der Waals surface area contributed by atoms with Crippen molar-refractivity contribution in [2.75, 3.05) is 8.86 Å². The predicted octanol–water partition coefficient (Wildman–Crippen LogP) is 4.93. The molecule has 0 fully saturated rings. The van der Waals surface area contributed by atoms with Gasteiger partial charge in [-0.2, -0.15) is 0 Å². The molecular weight excluding hydrogens is 478 g/mol. The van der Waals surface area contributed by atoms with Gasteiger partial charge in [0.1, 0.15) is 5.60 Å². The predicted molar refractivity (Wildman–Crippen MR) is 102 cm³/mol. The highest BCUT2D eigenvalue weighted by Gasteiger charge is 2.13. The van der Waals surface area contributed by atoms with Gasteiger partial charge in [0.05, 0.1) is 0 Å². The van der Waals surface area contributed by atoms with E-state index >= 15 is 0 Å². The molecule has 0 aromatic rings. The fourth-order valence-corrected chi connectivity index (χ4v) is 2.43. The molecule has 0 heterocycles. The summed E-state index contributed by atoms with van der Waals surface area (Å²) in [5.74, 6) is 6.36. The molecular formula is C16H24I2O2. The summed E-state index contributed by atoms with van der Waals surface area (Å²) in [6.45, 7) is 5.57. The molecule has 4 heteroatoms. The minimum Gasteiger partial charge on any atom is -0.457 e. The average molecular weight is 502 g/mol. The topological polar surface area (TPSA) is 26.3 Å². The van der Waals surface area contributed by atoms with E-state index < -0.39 is 5.60 Å². The minimum absolute atomic E-state index is 0.331. The number of rotatable bonds is 7. The molecule has 0 N–H and O–H groups in total. The largest absolute Gasteiger partial charge is 0.457 e. The molecule has 0 radical (unpaired) electrons. The smallest absolute Gasteiger partial charge is 0.331 e. The highest BCUT2D eigenvalue weighted by Crippen LogP contribution is 2.14. The van der Waals surface area contributed by atoms with Crippen LogP contribution in [0.25, 0.3) is 0 Å². The van der Waals surface area contributed by atoms with E-state index in [-0.39, 0.29) is 5.97 Å². The number of halogens is 2. The van der Waals surface area contributed by atoms with Crippen molar-refractivity contribution in [3.63, 3.8) is 0 Å². The highest BCUT2D eigenvalue weighted by atomic mass is 127. The average Bonchev–Trinajstić information content (AvgIpc) is 2.34. The molecule has 0 spiro atoms. The summed E-state index contributed by atoms with van der Waals surface area (Å²) in [7, 11) is 0. The molecule has 0 aliphatic carbocycles. The van der Waals surface area contributed by atoms with Crippen molar-refractivity contribution in [3.05, 3.63) is 12.2 Å². The van der Waals surface area contributed by atoms with Crippen LogP contribution in [0.3, 0.4) is 0 Å². The first-order valence-corrected chi connectivity index (χ1v) is 9.96. The van der Waals surface area contributed by atoms with Gasteiger partial charge in [0.25, 0.3) is 0 Å². The van der Waals surface area contributed by atoms with Gasteiger partial charge >= 0.3 is 5.97 Å². The lowest BCUT2D eigenvalue weighted by molar-refractivity contribution is -0.148. The number of carbonyl (C=O) groups is 1. The van der Waals surface area contributed by atoms with E-state index in [0.29, 0.717) is 5.92 Å². The number of carbonyl (C=O) groups excluding carboxylic acids is 1. The molecule has 0 atom stereocenters. The molecule has 0 saturated carbocycles. The van der Waals surface area contributed by atoms with E-state index in [1.807, 2.05) is 20.8 Å². The Hall–Kier alpha value is 0.230. The van der Waals surface area contributed by atoms with Crippen molar-refractivity contribution < 1.29 is 9.53 Å². The Bertz CT molecular complexity index is 351. The van der Waals surface area contributed by atoms with Crippen molar-refractivity contribution in [3.8, 4) is 11.8 Å². The first-order chi connectivity index (χ1) is 9.39. The molecule has 20 heavy (non-hydrogen) atoms. The van der Waals surface area contributed by atoms with Crippen LogP contribution in [0.4, 0.5) is 0 Å². The third-order valence-electron chi connectivity index (χ3n) is 2.37. The molecule has 0 aromatic carbocycles. The van der Waals surface area contributed by atoms with Crippen molar-refractivity contribution in [1.29, 1.82) is 0 Å². The maximum Gasteiger partial charge on any atom is 0.331 e. The van der Waals surface area contributed by atoms with Gasteiger partial charge < -0.3 is 4.74 Å². The lowest BCUT2D eigenvalue weighted by Gasteiger charge is -2.17. The molecule has 0 aromatic heterocycles. The van der Waals surface area contributed by atoms with E-state index in [9.17, 15) is 4.79 Å². The summed E-state index contributed by atoms with van der Waals surface area (Å²) in [4.78, 5) is 11.5. The van der Waals surface area contributed by atoms with Gasteiger partial charge in [-0.15, -0.1) is 0 Å². The third kappa shape index (κ3) is 13.2. The normalized spacial score (nSPS) is 11.5. The Morgan fingerprint density at radius 2 is 1.75 bits per heavy atom. The summed E-state index contributed by atoms with van der Waals surface area (Å²) in [6, 6.07) is 0. The van der Waals surface area contributed by atoms with E-state index in [1.54, 1.807) is 6.08 Å². The van der Waals surface area contributed by atoms with Gasteiger partial charge in [-0.3, -0.25) is 0 Å².